The molecular weight excluding hydrogens is 395 g/mol. The summed E-state index contributed by atoms with van der Waals surface area (Å²) in [5.41, 5.74) is 0.544. The zero-order valence-corrected chi connectivity index (χ0v) is 15.7. The second kappa shape index (κ2) is 9.26. The van der Waals surface area contributed by atoms with E-state index in [2.05, 4.69) is 25.3 Å². The molecule has 0 unspecified atom stereocenters. The monoisotopic (exact) mass is 415 g/mol. The molecule has 0 saturated carbocycles. The molecule has 9 nitrogen and oxygen atoms in total. The van der Waals surface area contributed by atoms with Crippen molar-refractivity contribution >= 4 is 34.7 Å². The van der Waals surface area contributed by atoms with Gasteiger partial charge in [0.05, 0.1) is 24.1 Å². The number of amides is 3. The number of anilines is 1. The van der Waals surface area contributed by atoms with E-state index < -0.39 is 23.9 Å². The minimum absolute atomic E-state index is 0.00579. The van der Waals surface area contributed by atoms with Gasteiger partial charge in [-0.1, -0.05) is 6.92 Å². The number of hydrogen-bond donors (Lipinski definition) is 3. The third-order valence-electron chi connectivity index (χ3n) is 3.67. The summed E-state index contributed by atoms with van der Waals surface area (Å²) in [6.45, 7) is 1.30. The van der Waals surface area contributed by atoms with Crippen molar-refractivity contribution in [2.45, 2.75) is 26.1 Å². The number of carbonyl (C=O) groups is 3. The Labute approximate surface area is 163 Å². The minimum Gasteiger partial charge on any atom is -0.406 e. The summed E-state index contributed by atoms with van der Waals surface area (Å²) in [6.07, 6.45) is -3.86. The summed E-state index contributed by atoms with van der Waals surface area (Å²) < 4.78 is 40.7. The first-order valence-electron chi connectivity index (χ1n) is 8.63. The molecule has 0 aliphatic rings. The number of rotatable bonds is 8. The fourth-order valence-electron chi connectivity index (χ4n) is 2.34. The number of nitrogens with zero attached hydrogens (tertiary/aromatic N) is 2. The molecule has 0 spiro atoms. The molecule has 3 amide bonds. The largest absolute Gasteiger partial charge is 0.573 e. The third kappa shape index (κ3) is 6.97. The summed E-state index contributed by atoms with van der Waals surface area (Å²) >= 11 is 0. The number of alkyl halides is 3. The fourth-order valence-corrected chi connectivity index (χ4v) is 2.34. The van der Waals surface area contributed by atoms with Crippen molar-refractivity contribution in [1.29, 1.82) is 0 Å². The van der Waals surface area contributed by atoms with Gasteiger partial charge >= 0.3 is 6.36 Å². The van der Waals surface area contributed by atoms with Crippen molar-refractivity contribution in [1.82, 2.24) is 20.2 Å². The van der Waals surface area contributed by atoms with E-state index in [0.29, 0.717) is 18.4 Å². The molecule has 0 bridgehead atoms. The number of fused-ring (bicyclic) bond motifs is 1. The Kier molecular flexibility index (Phi) is 7.02. The van der Waals surface area contributed by atoms with E-state index in [4.69, 9.17) is 0 Å². The molecule has 2 rings (SSSR count). The first kappa shape index (κ1) is 22.0. The van der Waals surface area contributed by atoms with Gasteiger partial charge in [-0.3, -0.25) is 19.7 Å². The van der Waals surface area contributed by atoms with E-state index in [9.17, 15) is 27.6 Å². The molecule has 0 radical (unpaired) electrons. The Balaban J connectivity index is 1.91. The van der Waals surface area contributed by atoms with E-state index >= 15 is 0 Å². The van der Waals surface area contributed by atoms with Gasteiger partial charge in [-0.25, -0.2) is 4.98 Å². The Morgan fingerprint density at radius 3 is 2.62 bits per heavy atom. The Bertz CT molecular complexity index is 897. The number of H-pyrrole nitrogens is 1. The highest BCUT2D eigenvalue weighted by molar-refractivity contribution is 5.95. The lowest BCUT2D eigenvalue weighted by Gasteiger charge is -2.16. The number of benzene rings is 1. The summed E-state index contributed by atoms with van der Waals surface area (Å²) in [4.78, 5) is 43.2. The van der Waals surface area contributed by atoms with E-state index in [1.165, 1.54) is 13.1 Å². The van der Waals surface area contributed by atoms with Crippen molar-refractivity contribution < 1.29 is 32.3 Å². The SMILES string of the molecule is CCCC(=O)NCC(=O)N(C)CC(=O)Nc1nc2ccc(OC(F)(F)F)cc2[nH]1. The maximum absolute atomic E-state index is 12.3. The van der Waals surface area contributed by atoms with Gasteiger partial charge in [0.1, 0.15) is 5.75 Å². The fraction of sp³-hybridized carbons (Fsp3) is 0.412. The highest BCUT2D eigenvalue weighted by Gasteiger charge is 2.31. The average Bonchev–Trinajstić information content (AvgIpc) is 2.99. The van der Waals surface area contributed by atoms with Crippen molar-refractivity contribution in [3.05, 3.63) is 18.2 Å². The lowest BCUT2D eigenvalue weighted by atomic mass is 10.3. The highest BCUT2D eigenvalue weighted by atomic mass is 19.4. The van der Waals surface area contributed by atoms with Gasteiger partial charge in [-0.05, 0) is 18.6 Å². The lowest BCUT2D eigenvalue weighted by molar-refractivity contribution is -0.274. The quantitative estimate of drug-likeness (QED) is 0.608. The average molecular weight is 415 g/mol. The maximum Gasteiger partial charge on any atom is 0.573 e. The molecule has 1 aromatic carbocycles. The van der Waals surface area contributed by atoms with Crippen LogP contribution in [-0.2, 0) is 14.4 Å². The number of nitrogens with one attached hydrogen (secondary N) is 3. The van der Waals surface area contributed by atoms with E-state index in [0.717, 1.165) is 17.0 Å². The summed E-state index contributed by atoms with van der Waals surface area (Å²) in [7, 11) is 1.40. The number of carbonyl (C=O) groups excluding carboxylic acids is 3. The lowest BCUT2D eigenvalue weighted by Crippen LogP contribution is -2.41. The van der Waals surface area contributed by atoms with E-state index in [1.807, 2.05) is 6.92 Å². The Hall–Kier alpha value is -3.31. The third-order valence-corrected chi connectivity index (χ3v) is 3.67. The van der Waals surface area contributed by atoms with Gasteiger partial charge in [0.25, 0.3) is 0 Å². The van der Waals surface area contributed by atoms with Crippen LogP contribution in [0.25, 0.3) is 11.0 Å². The van der Waals surface area contributed by atoms with E-state index in [-0.39, 0.29) is 30.5 Å². The Morgan fingerprint density at radius 2 is 1.97 bits per heavy atom. The first-order valence-corrected chi connectivity index (χ1v) is 8.63. The van der Waals surface area contributed by atoms with Gasteiger partial charge in [-0.15, -0.1) is 13.2 Å². The van der Waals surface area contributed by atoms with Gasteiger partial charge in [-0.2, -0.15) is 0 Å². The van der Waals surface area contributed by atoms with Gasteiger partial charge in [0.15, 0.2) is 0 Å². The molecule has 0 saturated heterocycles. The Morgan fingerprint density at radius 1 is 1.24 bits per heavy atom. The van der Waals surface area contributed by atoms with Gasteiger partial charge < -0.3 is 19.9 Å². The zero-order chi connectivity index (χ0) is 21.6. The van der Waals surface area contributed by atoms with Crippen LogP contribution in [0, 0.1) is 0 Å². The summed E-state index contributed by atoms with van der Waals surface area (Å²) in [5.74, 6) is -1.71. The van der Waals surface area contributed by atoms with Gasteiger partial charge in [0, 0.05) is 19.5 Å². The van der Waals surface area contributed by atoms with Crippen molar-refractivity contribution in [3.63, 3.8) is 0 Å². The molecule has 0 fully saturated rings. The zero-order valence-electron chi connectivity index (χ0n) is 15.7. The molecule has 0 atom stereocenters. The molecule has 1 heterocycles. The normalized spacial score (nSPS) is 11.2. The molecule has 0 aliphatic carbocycles. The molecule has 1 aromatic heterocycles. The smallest absolute Gasteiger partial charge is 0.406 e. The second-order valence-electron chi connectivity index (χ2n) is 6.14. The predicted molar refractivity (Wildman–Crippen MR) is 97.0 cm³/mol. The van der Waals surface area contributed by atoms with Crippen LogP contribution in [0.4, 0.5) is 19.1 Å². The molecule has 2 aromatic rings. The van der Waals surface area contributed by atoms with Crippen LogP contribution in [0.15, 0.2) is 18.2 Å². The number of hydrogen-bond acceptors (Lipinski definition) is 5. The molecule has 158 valence electrons. The minimum atomic E-state index is -4.82. The standard InChI is InChI=1S/C17H20F3N5O4/c1-3-4-13(26)21-8-15(28)25(2)9-14(27)24-16-22-11-6-5-10(7-12(11)23-16)29-17(18,19)20/h5-7H,3-4,8-9H2,1-2H3,(H,21,26)(H2,22,23,24,27). The number of ether oxygens (including phenoxy) is 1. The topological polar surface area (TPSA) is 116 Å². The predicted octanol–water partition coefficient (Wildman–Crippen LogP) is 1.77. The van der Waals surface area contributed by atoms with Crippen LogP contribution in [0.5, 0.6) is 5.75 Å². The molecule has 3 N–H and O–H groups in total. The molecule has 0 aliphatic heterocycles. The van der Waals surface area contributed by atoms with Crippen LogP contribution in [0.3, 0.4) is 0 Å². The van der Waals surface area contributed by atoms with Crippen LogP contribution >= 0.6 is 0 Å². The van der Waals surface area contributed by atoms with Crippen LogP contribution in [0.1, 0.15) is 19.8 Å². The van der Waals surface area contributed by atoms with E-state index in [1.54, 1.807) is 0 Å². The number of likely N-dealkylation sites (N-methyl/N-ethyl adjacent to an activating group) is 1. The number of aromatic amines is 1. The molecular formula is C17H20F3N5O4. The van der Waals surface area contributed by atoms with Crippen LogP contribution in [-0.4, -0.2) is 59.1 Å². The van der Waals surface area contributed by atoms with Crippen molar-refractivity contribution in [2.75, 3.05) is 25.5 Å². The molecule has 29 heavy (non-hydrogen) atoms. The number of imidazole rings is 1. The highest BCUT2D eigenvalue weighted by Crippen LogP contribution is 2.26. The van der Waals surface area contributed by atoms with Crippen molar-refractivity contribution in [2.24, 2.45) is 0 Å². The van der Waals surface area contributed by atoms with Crippen LogP contribution in [0.2, 0.25) is 0 Å². The second-order valence-corrected chi connectivity index (χ2v) is 6.14. The first-order chi connectivity index (χ1) is 13.6. The van der Waals surface area contributed by atoms with Gasteiger partial charge in [0.2, 0.25) is 23.7 Å². The summed E-state index contributed by atoms with van der Waals surface area (Å²) in [6, 6.07) is 3.50. The number of aromatic nitrogens is 2. The molecule has 12 heteroatoms. The summed E-state index contributed by atoms with van der Waals surface area (Å²) in [5, 5.41) is 4.87. The van der Waals surface area contributed by atoms with Crippen molar-refractivity contribution in [3.8, 4) is 5.75 Å². The van der Waals surface area contributed by atoms with Crippen LogP contribution < -0.4 is 15.4 Å². The maximum atomic E-state index is 12.3. The number of halogens is 3.